The normalized spacial score (nSPS) is 52.2. The van der Waals surface area contributed by atoms with Crippen molar-refractivity contribution in [2.75, 3.05) is 19.8 Å². The van der Waals surface area contributed by atoms with Crippen molar-refractivity contribution in [1.29, 1.82) is 0 Å². The van der Waals surface area contributed by atoms with Gasteiger partial charge in [0.05, 0.1) is 18.6 Å². The minimum atomic E-state index is -0.882. The van der Waals surface area contributed by atoms with E-state index in [0.717, 1.165) is 32.1 Å². The summed E-state index contributed by atoms with van der Waals surface area (Å²) >= 11 is 0. The summed E-state index contributed by atoms with van der Waals surface area (Å²) < 4.78 is 11.8. The monoisotopic (exact) mass is 358 g/mol. The smallest absolute Gasteiger partial charge is 0.181 e. The molecule has 4 aliphatic carbocycles. The van der Waals surface area contributed by atoms with E-state index >= 15 is 0 Å². The molecule has 4 heteroatoms. The maximum Gasteiger partial charge on any atom is 0.181 e. The number of carbonyl (C=O) groups is 2. The predicted octanol–water partition coefficient (Wildman–Crippen LogP) is 3.34. The Bertz CT molecular complexity index is 692. The first kappa shape index (κ1) is 17.1. The molecule has 7 atom stereocenters. The van der Waals surface area contributed by atoms with Crippen LogP contribution in [0.5, 0.6) is 0 Å². The van der Waals surface area contributed by atoms with Crippen LogP contribution in [0.1, 0.15) is 52.4 Å². The number of allylic oxidation sites excluding steroid dienone is 1. The zero-order valence-corrected chi connectivity index (χ0v) is 16.0. The number of Topliss-reactive ketones (excluding diaryl/α,β-unsaturated/α-hetero) is 2. The van der Waals surface area contributed by atoms with E-state index in [0.29, 0.717) is 31.8 Å². The molecular weight excluding hydrogens is 328 g/mol. The van der Waals surface area contributed by atoms with Gasteiger partial charge in [-0.05, 0) is 54.9 Å². The van der Waals surface area contributed by atoms with E-state index in [1.165, 1.54) is 0 Å². The van der Waals surface area contributed by atoms with E-state index in [9.17, 15) is 9.59 Å². The molecule has 2 saturated heterocycles. The molecule has 142 valence electrons. The number of hydrogen-bond acceptors (Lipinski definition) is 4. The van der Waals surface area contributed by atoms with Crippen LogP contribution in [0.2, 0.25) is 0 Å². The Morgan fingerprint density at radius 1 is 1.27 bits per heavy atom. The van der Waals surface area contributed by atoms with Gasteiger partial charge in [-0.3, -0.25) is 9.59 Å². The van der Waals surface area contributed by atoms with E-state index in [4.69, 9.17) is 9.47 Å². The molecule has 4 unspecified atom stereocenters. The van der Waals surface area contributed by atoms with Gasteiger partial charge < -0.3 is 9.47 Å². The van der Waals surface area contributed by atoms with Crippen LogP contribution in [0.4, 0.5) is 0 Å². The van der Waals surface area contributed by atoms with E-state index in [-0.39, 0.29) is 40.7 Å². The van der Waals surface area contributed by atoms with Gasteiger partial charge in [0.2, 0.25) is 0 Å². The summed E-state index contributed by atoms with van der Waals surface area (Å²) in [5, 5.41) is 0. The number of carbonyl (C=O) groups excluding carboxylic acids is 2. The van der Waals surface area contributed by atoms with Gasteiger partial charge >= 0.3 is 0 Å². The summed E-state index contributed by atoms with van der Waals surface area (Å²) in [7, 11) is 0. The lowest BCUT2D eigenvalue weighted by Crippen LogP contribution is -2.72. The zero-order valence-electron chi connectivity index (χ0n) is 16.0. The van der Waals surface area contributed by atoms with Crippen LogP contribution in [0.15, 0.2) is 12.2 Å². The molecule has 2 spiro atoms. The summed E-state index contributed by atoms with van der Waals surface area (Å²) in [5.41, 5.74) is -0.918. The second-order valence-electron chi connectivity index (χ2n) is 9.66. The highest BCUT2D eigenvalue weighted by Crippen LogP contribution is 2.71. The van der Waals surface area contributed by atoms with E-state index in [1.54, 1.807) is 0 Å². The summed E-state index contributed by atoms with van der Waals surface area (Å²) in [6.07, 6.45) is 5.84. The quantitative estimate of drug-likeness (QED) is 0.441. The van der Waals surface area contributed by atoms with Crippen molar-refractivity contribution in [1.82, 2.24) is 0 Å². The molecule has 0 radical (unpaired) electrons. The maximum atomic E-state index is 13.7. The van der Waals surface area contributed by atoms with Gasteiger partial charge in [-0.2, -0.15) is 0 Å². The fourth-order valence-corrected chi connectivity index (χ4v) is 7.51. The van der Waals surface area contributed by atoms with Crippen LogP contribution in [0.3, 0.4) is 0 Å². The average Bonchev–Trinajstić information content (AvgIpc) is 3.43. The van der Waals surface area contributed by atoms with Gasteiger partial charge in [0, 0.05) is 12.0 Å². The summed E-state index contributed by atoms with van der Waals surface area (Å²) in [6, 6.07) is 0. The molecular formula is C22H30O4. The van der Waals surface area contributed by atoms with Crippen molar-refractivity contribution < 1.29 is 19.1 Å². The molecule has 0 aromatic rings. The highest BCUT2D eigenvalue weighted by Gasteiger charge is 2.79. The molecule has 6 rings (SSSR count). The van der Waals surface area contributed by atoms with E-state index < -0.39 is 11.0 Å². The van der Waals surface area contributed by atoms with Crippen LogP contribution in [-0.2, 0) is 19.1 Å². The first-order valence-corrected chi connectivity index (χ1v) is 10.4. The van der Waals surface area contributed by atoms with Crippen LogP contribution in [0, 0.1) is 34.5 Å². The van der Waals surface area contributed by atoms with E-state index in [1.807, 2.05) is 0 Å². The van der Waals surface area contributed by atoms with Crippen molar-refractivity contribution in [2.45, 2.75) is 58.0 Å². The summed E-state index contributed by atoms with van der Waals surface area (Å²) in [6.45, 7) is 10.6. The molecule has 0 aromatic carbocycles. The molecule has 2 aliphatic heterocycles. The van der Waals surface area contributed by atoms with Crippen LogP contribution in [0.25, 0.3) is 0 Å². The van der Waals surface area contributed by atoms with E-state index in [2.05, 4.69) is 20.4 Å². The number of epoxide rings is 1. The Kier molecular flexibility index (Phi) is 3.48. The maximum absolute atomic E-state index is 13.7. The molecule has 0 amide bonds. The van der Waals surface area contributed by atoms with Crippen molar-refractivity contribution in [2.24, 2.45) is 34.5 Å². The van der Waals surface area contributed by atoms with Gasteiger partial charge in [0.15, 0.2) is 17.2 Å². The Labute approximate surface area is 155 Å². The number of rotatable bonds is 3. The van der Waals surface area contributed by atoms with Crippen LogP contribution in [-0.4, -0.2) is 37.0 Å². The van der Waals surface area contributed by atoms with Crippen LogP contribution < -0.4 is 0 Å². The Hall–Kier alpha value is -1.00. The third-order valence-electron chi connectivity index (χ3n) is 8.61. The lowest BCUT2D eigenvalue weighted by Gasteiger charge is -2.65. The van der Waals surface area contributed by atoms with Gasteiger partial charge in [0.1, 0.15) is 0 Å². The summed E-state index contributed by atoms with van der Waals surface area (Å²) in [4.78, 5) is 27.3. The number of hydrogen-bond donors (Lipinski definition) is 0. The second kappa shape index (κ2) is 5.29. The summed E-state index contributed by atoms with van der Waals surface area (Å²) in [5.74, 6) is 0.985. The number of unbranched alkanes of at least 4 members (excludes halogenated alkanes) is 1. The molecule has 6 fully saturated rings. The van der Waals surface area contributed by atoms with Gasteiger partial charge in [-0.15, -0.1) is 0 Å². The Morgan fingerprint density at radius 3 is 2.73 bits per heavy atom. The highest BCUT2D eigenvalue weighted by atomic mass is 16.6. The third-order valence-corrected chi connectivity index (χ3v) is 8.61. The van der Waals surface area contributed by atoms with Gasteiger partial charge in [0.25, 0.3) is 0 Å². The first-order valence-electron chi connectivity index (χ1n) is 10.4. The third kappa shape index (κ3) is 1.74. The van der Waals surface area contributed by atoms with Crippen molar-refractivity contribution in [3.05, 3.63) is 12.2 Å². The second-order valence-corrected chi connectivity index (χ2v) is 9.66. The first-order chi connectivity index (χ1) is 12.4. The lowest BCUT2D eigenvalue weighted by atomic mass is 9.36. The Morgan fingerprint density at radius 2 is 2.04 bits per heavy atom. The SMILES string of the molecule is C=C1C(=O)[C@@]23CC[C@@H](CC2[C@@]2(CCCC)COCC(C)C12)C1(CO1)C3=O. The molecule has 4 saturated carbocycles. The topological polar surface area (TPSA) is 55.9 Å². The molecule has 4 nitrogen and oxygen atoms in total. The molecule has 26 heavy (non-hydrogen) atoms. The minimum Gasteiger partial charge on any atom is -0.381 e. The number of ketones is 2. The van der Waals surface area contributed by atoms with Crippen molar-refractivity contribution in [3.63, 3.8) is 0 Å². The number of ether oxygens (including phenoxy) is 2. The fourth-order valence-electron chi connectivity index (χ4n) is 7.51. The zero-order chi connectivity index (χ0) is 18.3. The number of fused-ring (bicyclic) bond motifs is 2. The minimum absolute atomic E-state index is 0.0476. The largest absolute Gasteiger partial charge is 0.381 e. The molecule has 2 heterocycles. The van der Waals surface area contributed by atoms with Crippen molar-refractivity contribution >= 4 is 11.6 Å². The van der Waals surface area contributed by atoms with Crippen molar-refractivity contribution in [3.8, 4) is 0 Å². The highest BCUT2D eigenvalue weighted by molar-refractivity contribution is 6.19. The average molecular weight is 358 g/mol. The molecule has 2 bridgehead atoms. The molecule has 0 aromatic heterocycles. The molecule has 6 aliphatic rings. The predicted molar refractivity (Wildman–Crippen MR) is 96.5 cm³/mol. The van der Waals surface area contributed by atoms with Gasteiger partial charge in [-0.1, -0.05) is 33.3 Å². The van der Waals surface area contributed by atoms with Crippen LogP contribution >= 0.6 is 0 Å². The fraction of sp³-hybridized carbons (Fsp3) is 0.818. The Balaban J connectivity index is 1.68. The standard InChI is InChI=1S/C22H30O4/c1-4-5-7-20-11-25-10-13(2)17(20)14(3)18(23)21-8-6-15(9-16(20)21)22(12-26-22)19(21)24/h13,15-17H,3-12H2,1-2H3/t13?,15-,16?,17?,20+,21+,22?/m0/s1. The lowest BCUT2D eigenvalue weighted by molar-refractivity contribution is -0.203. The molecule has 0 N–H and O–H groups in total. The van der Waals surface area contributed by atoms with Gasteiger partial charge in [-0.25, -0.2) is 0 Å².